The minimum Gasteiger partial charge on any atom is -0.422 e. The van der Waals surface area contributed by atoms with E-state index in [1.54, 1.807) is 0 Å². The Balaban J connectivity index is 1.88. The molecule has 0 radical (unpaired) electrons. The predicted octanol–water partition coefficient (Wildman–Crippen LogP) is 6.16. The number of benzene rings is 1. The highest BCUT2D eigenvalue weighted by Gasteiger charge is 2.29. The second-order valence-electron chi connectivity index (χ2n) is 10.2. The maximum Gasteiger partial charge on any atom is 0.347 e. The van der Waals surface area contributed by atoms with Crippen LogP contribution in [0.15, 0.2) is 12.1 Å². The summed E-state index contributed by atoms with van der Waals surface area (Å²) in [5, 5.41) is 5.25. The van der Waals surface area contributed by atoms with Crippen molar-refractivity contribution in [2.45, 2.75) is 85.6 Å². The Morgan fingerprint density at radius 2 is 1.91 bits per heavy atom. The van der Waals surface area contributed by atoms with E-state index < -0.39 is 11.8 Å². The molecule has 1 aliphatic rings. The Morgan fingerprint density at radius 1 is 1.19 bits per heavy atom. The fourth-order valence-electron chi connectivity index (χ4n) is 4.35. The number of carbonyl (C=O) groups excluding carboxylic acids is 1. The van der Waals surface area contributed by atoms with Gasteiger partial charge < -0.3 is 4.74 Å². The monoisotopic (exact) mass is 437 g/mol. The van der Waals surface area contributed by atoms with Gasteiger partial charge in [0.2, 0.25) is 0 Å². The molecule has 3 aromatic rings. The highest BCUT2D eigenvalue weighted by Crippen LogP contribution is 2.37. The fraction of sp³-hybridized carbons (Fsp3) is 0.500. The average molecular weight is 438 g/mol. The number of halogens is 1. The third-order valence-electron chi connectivity index (χ3n) is 6.40. The van der Waals surface area contributed by atoms with E-state index in [1.807, 2.05) is 59.2 Å². The fourth-order valence-corrected chi connectivity index (χ4v) is 4.35. The number of hydrogen-bond acceptors (Lipinski definition) is 4. The average Bonchev–Trinajstić information content (AvgIpc) is 3.11. The van der Waals surface area contributed by atoms with Crippen LogP contribution in [0.25, 0.3) is 10.9 Å². The van der Waals surface area contributed by atoms with E-state index in [2.05, 4.69) is 4.98 Å². The molecule has 1 aliphatic heterocycles. The topological polar surface area (TPSA) is 57.0 Å². The van der Waals surface area contributed by atoms with Crippen molar-refractivity contribution in [3.05, 3.63) is 51.7 Å². The lowest BCUT2D eigenvalue weighted by Crippen LogP contribution is -2.18. The van der Waals surface area contributed by atoms with Crippen LogP contribution in [0.4, 0.5) is 4.39 Å². The quantitative estimate of drug-likeness (QED) is 0.460. The number of carbonyl (C=O) groups is 1. The summed E-state index contributed by atoms with van der Waals surface area (Å²) in [4.78, 5) is 18.0. The van der Waals surface area contributed by atoms with Gasteiger partial charge in [-0.1, -0.05) is 34.6 Å². The van der Waals surface area contributed by atoms with E-state index in [9.17, 15) is 4.79 Å². The van der Waals surface area contributed by atoms with Crippen molar-refractivity contribution in [1.29, 1.82) is 0 Å². The minimum atomic E-state index is -0.423. The Morgan fingerprint density at radius 3 is 2.56 bits per heavy atom. The molecule has 170 valence electrons. The van der Waals surface area contributed by atoms with Gasteiger partial charge in [-0.2, -0.15) is 5.10 Å². The molecule has 5 nitrogen and oxygen atoms in total. The number of rotatable bonds is 3. The number of esters is 1. The van der Waals surface area contributed by atoms with Gasteiger partial charge in [0.1, 0.15) is 22.6 Å². The summed E-state index contributed by atoms with van der Waals surface area (Å²) in [7, 11) is 0. The zero-order valence-corrected chi connectivity index (χ0v) is 20.1. The molecule has 0 N–H and O–H groups in total. The van der Waals surface area contributed by atoms with Crippen LogP contribution in [-0.2, 0) is 18.4 Å². The van der Waals surface area contributed by atoms with Crippen LogP contribution in [0.2, 0.25) is 0 Å². The van der Waals surface area contributed by atoms with Gasteiger partial charge in [0.25, 0.3) is 0 Å². The summed E-state index contributed by atoms with van der Waals surface area (Å²) in [6.45, 7) is 14.7. The second-order valence-corrected chi connectivity index (χ2v) is 10.2. The molecule has 3 heterocycles. The molecule has 1 aromatic carbocycles. The van der Waals surface area contributed by atoms with Gasteiger partial charge in [0, 0.05) is 23.2 Å². The zero-order chi connectivity index (χ0) is 23.4. The maximum absolute atomic E-state index is 15.1. The van der Waals surface area contributed by atoms with Crippen molar-refractivity contribution in [1.82, 2.24) is 14.8 Å². The molecule has 4 rings (SSSR count). The number of pyridine rings is 1. The van der Waals surface area contributed by atoms with Crippen LogP contribution >= 0.6 is 0 Å². The van der Waals surface area contributed by atoms with Gasteiger partial charge in [0.15, 0.2) is 0 Å². The molecule has 0 saturated carbocycles. The van der Waals surface area contributed by atoms with Crippen molar-refractivity contribution >= 4 is 16.9 Å². The maximum atomic E-state index is 15.1. The largest absolute Gasteiger partial charge is 0.422 e. The van der Waals surface area contributed by atoms with E-state index in [1.165, 1.54) is 6.07 Å². The standard InChI is InChI=1S/C26H32FN3O2/c1-14(2)22-21(20-10-8-9-11-30(20)29-22)25(31)32-24-15(3)16(4)28-23-18(24)12-17(13-19(23)27)26(5,6)7/h12-14H,8-11H2,1-7H3. The van der Waals surface area contributed by atoms with Gasteiger partial charge in [-0.15, -0.1) is 0 Å². The molecule has 0 aliphatic carbocycles. The SMILES string of the molecule is Cc1nc2c(F)cc(C(C)(C)C)cc2c(OC(=O)c2c(C(C)C)nn3c2CCCC3)c1C. The third kappa shape index (κ3) is 3.80. The van der Waals surface area contributed by atoms with Crippen LogP contribution in [0.1, 0.15) is 91.9 Å². The number of aryl methyl sites for hydroxylation is 2. The van der Waals surface area contributed by atoms with Crippen LogP contribution in [0, 0.1) is 19.7 Å². The van der Waals surface area contributed by atoms with E-state index in [4.69, 9.17) is 9.84 Å². The van der Waals surface area contributed by atoms with Gasteiger partial charge in [0.05, 0.1) is 11.4 Å². The summed E-state index contributed by atoms with van der Waals surface area (Å²) in [5.41, 5.74) is 4.45. The Hall–Kier alpha value is -2.76. The van der Waals surface area contributed by atoms with Crippen molar-refractivity contribution in [3.63, 3.8) is 0 Å². The first-order valence-electron chi connectivity index (χ1n) is 11.4. The number of nitrogens with zero attached hydrogens (tertiary/aromatic N) is 3. The number of fused-ring (bicyclic) bond motifs is 2. The summed E-state index contributed by atoms with van der Waals surface area (Å²) in [6, 6.07) is 3.43. The Bertz CT molecular complexity index is 1220. The lowest BCUT2D eigenvalue weighted by Gasteiger charge is -2.21. The summed E-state index contributed by atoms with van der Waals surface area (Å²) < 4.78 is 23.1. The number of aromatic nitrogens is 3. The number of ether oxygens (including phenoxy) is 1. The molecular weight excluding hydrogens is 405 g/mol. The molecule has 0 fully saturated rings. The van der Waals surface area contributed by atoms with E-state index in [0.717, 1.165) is 48.3 Å². The Labute approximate surface area is 189 Å². The van der Waals surface area contributed by atoms with E-state index in [0.29, 0.717) is 22.4 Å². The van der Waals surface area contributed by atoms with Crippen LogP contribution in [-0.4, -0.2) is 20.7 Å². The van der Waals surface area contributed by atoms with Crippen LogP contribution in [0.3, 0.4) is 0 Å². The van der Waals surface area contributed by atoms with E-state index in [-0.39, 0.29) is 16.8 Å². The minimum absolute atomic E-state index is 0.0950. The highest BCUT2D eigenvalue weighted by molar-refractivity contribution is 5.97. The summed E-state index contributed by atoms with van der Waals surface area (Å²) in [6.07, 6.45) is 2.89. The van der Waals surface area contributed by atoms with Crippen molar-refractivity contribution in [2.75, 3.05) is 0 Å². The predicted molar refractivity (Wildman–Crippen MR) is 124 cm³/mol. The smallest absolute Gasteiger partial charge is 0.347 e. The second kappa shape index (κ2) is 7.98. The summed E-state index contributed by atoms with van der Waals surface area (Å²) >= 11 is 0. The highest BCUT2D eigenvalue weighted by atomic mass is 19.1. The molecule has 0 spiro atoms. The normalized spacial score (nSPS) is 14.2. The van der Waals surface area contributed by atoms with E-state index >= 15 is 4.39 Å². The molecule has 0 saturated heterocycles. The molecule has 0 bridgehead atoms. The molecule has 0 atom stereocenters. The van der Waals surface area contributed by atoms with Crippen molar-refractivity contribution < 1.29 is 13.9 Å². The van der Waals surface area contributed by atoms with Crippen molar-refractivity contribution in [2.24, 2.45) is 0 Å². The number of hydrogen-bond donors (Lipinski definition) is 0. The van der Waals surface area contributed by atoms with Gasteiger partial charge in [-0.3, -0.25) is 4.68 Å². The lowest BCUT2D eigenvalue weighted by molar-refractivity contribution is 0.0732. The summed E-state index contributed by atoms with van der Waals surface area (Å²) in [5.74, 6) is -0.349. The van der Waals surface area contributed by atoms with Crippen LogP contribution in [0.5, 0.6) is 5.75 Å². The van der Waals surface area contributed by atoms with Gasteiger partial charge in [-0.05, 0) is 62.1 Å². The van der Waals surface area contributed by atoms with Crippen LogP contribution < -0.4 is 4.74 Å². The first kappa shape index (κ1) is 22.4. The van der Waals surface area contributed by atoms with Crippen molar-refractivity contribution in [3.8, 4) is 5.75 Å². The first-order valence-corrected chi connectivity index (χ1v) is 11.4. The molecule has 2 aromatic heterocycles. The first-order chi connectivity index (χ1) is 15.0. The van der Waals surface area contributed by atoms with Gasteiger partial charge in [-0.25, -0.2) is 14.2 Å². The molecule has 0 unspecified atom stereocenters. The molecule has 6 heteroatoms. The van der Waals surface area contributed by atoms with Gasteiger partial charge >= 0.3 is 5.97 Å². The zero-order valence-electron chi connectivity index (χ0n) is 20.1. The Kier molecular flexibility index (Phi) is 5.60. The molecule has 32 heavy (non-hydrogen) atoms. The lowest BCUT2D eigenvalue weighted by atomic mass is 9.86. The third-order valence-corrected chi connectivity index (χ3v) is 6.40. The molecular formula is C26H32FN3O2. The molecule has 0 amide bonds.